The molecule has 0 aliphatic heterocycles. The molecule has 0 radical (unpaired) electrons. The number of methoxy groups -OCH3 is 1. The number of esters is 1. The Hall–Kier alpha value is -3.90. The number of fused-ring (bicyclic) bond motifs is 1. The number of azide groups is 1. The first-order valence-electron chi connectivity index (χ1n) is 14.6. The lowest BCUT2D eigenvalue weighted by molar-refractivity contribution is -0.141. The Morgan fingerprint density at radius 3 is 2.02 bits per heavy atom. The van der Waals surface area contributed by atoms with Gasteiger partial charge in [-0.25, -0.2) is 0 Å². The van der Waals surface area contributed by atoms with Crippen LogP contribution in [0, 0.1) is 0 Å². The first kappa shape index (κ1) is 35.6. The predicted octanol–water partition coefficient (Wildman–Crippen LogP) is 5.22. The molecule has 3 aromatic rings. The highest BCUT2D eigenvalue weighted by Gasteiger charge is 2.19. The minimum absolute atomic E-state index is 0.000761. The van der Waals surface area contributed by atoms with E-state index in [2.05, 4.69) is 15.3 Å². The number of carbonyl (C=O) groups excluding carboxylic acids is 2. The number of benzene rings is 3. The third-order valence-electron chi connectivity index (χ3n) is 6.56. The van der Waals surface area contributed by atoms with Gasteiger partial charge in [0.2, 0.25) is 5.91 Å². The molecule has 1 N–H and O–H groups in total. The molecule has 13 heteroatoms. The molecular weight excluding hydrogens is 604 g/mol. The van der Waals surface area contributed by atoms with Gasteiger partial charge in [0.15, 0.2) is 0 Å². The maximum Gasteiger partial charge on any atom is 0.307 e. The second-order valence-corrected chi connectivity index (χ2v) is 9.83. The number of halogens is 1. The number of hydrogen-bond donors (Lipinski definition) is 1. The summed E-state index contributed by atoms with van der Waals surface area (Å²) in [6.07, 6.45) is -0.000761. The van der Waals surface area contributed by atoms with E-state index in [0.29, 0.717) is 66.0 Å². The fraction of sp³-hybridized carbons (Fsp3) is 0.438. The summed E-state index contributed by atoms with van der Waals surface area (Å²) in [5.74, 6) is -0.238. The summed E-state index contributed by atoms with van der Waals surface area (Å²) < 4.78 is 32.6. The number of carbonyl (C=O) groups is 2. The number of rotatable bonds is 22. The molecule has 242 valence electrons. The van der Waals surface area contributed by atoms with Crippen molar-refractivity contribution in [2.45, 2.75) is 12.5 Å². The summed E-state index contributed by atoms with van der Waals surface area (Å²) >= 11 is 5.66. The number of alkyl halides is 1. The van der Waals surface area contributed by atoms with Crippen LogP contribution in [-0.4, -0.2) is 90.9 Å². The van der Waals surface area contributed by atoms with Crippen molar-refractivity contribution in [3.05, 3.63) is 76.7 Å². The van der Waals surface area contributed by atoms with Crippen molar-refractivity contribution >= 4 is 34.2 Å². The summed E-state index contributed by atoms with van der Waals surface area (Å²) in [6.45, 7) is 4.18. The van der Waals surface area contributed by atoms with Crippen LogP contribution in [0.4, 0.5) is 0 Å². The monoisotopic (exact) mass is 642 g/mol. The fourth-order valence-corrected chi connectivity index (χ4v) is 4.48. The van der Waals surface area contributed by atoms with Gasteiger partial charge < -0.3 is 33.7 Å². The van der Waals surface area contributed by atoms with E-state index >= 15 is 0 Å². The Labute approximate surface area is 267 Å². The molecule has 3 aromatic carbocycles. The van der Waals surface area contributed by atoms with Crippen LogP contribution in [0.1, 0.15) is 18.0 Å². The van der Waals surface area contributed by atoms with E-state index in [-0.39, 0.29) is 18.2 Å². The van der Waals surface area contributed by atoms with Gasteiger partial charge in [0.1, 0.15) is 18.2 Å². The van der Waals surface area contributed by atoms with Crippen LogP contribution in [0.3, 0.4) is 0 Å². The predicted molar refractivity (Wildman–Crippen MR) is 170 cm³/mol. The lowest BCUT2D eigenvalue weighted by Gasteiger charge is -2.18. The second-order valence-electron chi connectivity index (χ2n) is 9.57. The van der Waals surface area contributed by atoms with E-state index < -0.39 is 12.0 Å². The van der Waals surface area contributed by atoms with Crippen LogP contribution in [0.5, 0.6) is 5.75 Å². The van der Waals surface area contributed by atoms with Crippen LogP contribution in [0.15, 0.2) is 65.8 Å². The Balaban J connectivity index is 1.45. The molecule has 0 aliphatic rings. The number of ether oxygens (including phenoxy) is 6. The number of nitrogens with zero attached hydrogens (tertiary/aromatic N) is 3. The Morgan fingerprint density at radius 1 is 0.822 bits per heavy atom. The SMILES string of the molecule is COC(=O)C[C@H](NC(=O)CCl)c1ccc(-c2ccc(OCCOCCOCCOCCOCCN=[N+]=[N-])c3ccccc23)cc1. The Kier molecular flexibility index (Phi) is 16.6. The summed E-state index contributed by atoms with van der Waals surface area (Å²) in [4.78, 5) is 26.5. The van der Waals surface area contributed by atoms with Gasteiger partial charge in [0.25, 0.3) is 0 Å². The van der Waals surface area contributed by atoms with Gasteiger partial charge in [-0.3, -0.25) is 9.59 Å². The van der Waals surface area contributed by atoms with Crippen LogP contribution in [0.2, 0.25) is 0 Å². The van der Waals surface area contributed by atoms with E-state index in [9.17, 15) is 9.59 Å². The van der Waals surface area contributed by atoms with Crippen LogP contribution < -0.4 is 10.1 Å². The van der Waals surface area contributed by atoms with Gasteiger partial charge in [0.05, 0.1) is 72.4 Å². The van der Waals surface area contributed by atoms with Crippen molar-refractivity contribution in [1.29, 1.82) is 0 Å². The molecule has 45 heavy (non-hydrogen) atoms. The maximum absolute atomic E-state index is 11.9. The molecule has 0 heterocycles. The van der Waals surface area contributed by atoms with Gasteiger partial charge >= 0.3 is 5.97 Å². The minimum Gasteiger partial charge on any atom is -0.491 e. The molecule has 1 atom stereocenters. The van der Waals surface area contributed by atoms with Gasteiger partial charge in [-0.05, 0) is 33.7 Å². The highest BCUT2D eigenvalue weighted by Crippen LogP contribution is 2.35. The molecule has 3 rings (SSSR count). The molecule has 0 aromatic heterocycles. The molecule has 0 unspecified atom stereocenters. The van der Waals surface area contributed by atoms with Crippen molar-refractivity contribution in [3.63, 3.8) is 0 Å². The van der Waals surface area contributed by atoms with E-state index in [1.54, 1.807) is 0 Å². The molecule has 0 aliphatic carbocycles. The lowest BCUT2D eigenvalue weighted by Crippen LogP contribution is -2.31. The molecule has 0 saturated heterocycles. The normalized spacial score (nSPS) is 11.5. The summed E-state index contributed by atoms with van der Waals surface area (Å²) in [6, 6.07) is 19.1. The lowest BCUT2D eigenvalue weighted by atomic mass is 9.95. The molecule has 1 amide bonds. The maximum atomic E-state index is 11.9. The zero-order valence-electron chi connectivity index (χ0n) is 25.3. The van der Waals surface area contributed by atoms with Crippen LogP contribution >= 0.6 is 11.6 Å². The third kappa shape index (κ3) is 12.6. The minimum atomic E-state index is -0.549. The Morgan fingerprint density at radius 2 is 1.42 bits per heavy atom. The highest BCUT2D eigenvalue weighted by molar-refractivity contribution is 6.27. The van der Waals surface area contributed by atoms with Gasteiger partial charge in [0, 0.05) is 16.8 Å². The van der Waals surface area contributed by atoms with Crippen molar-refractivity contribution in [1.82, 2.24) is 5.32 Å². The summed E-state index contributed by atoms with van der Waals surface area (Å²) in [5, 5.41) is 8.16. The van der Waals surface area contributed by atoms with Crippen molar-refractivity contribution in [2.24, 2.45) is 5.11 Å². The van der Waals surface area contributed by atoms with Crippen LogP contribution in [-0.2, 0) is 33.3 Å². The zero-order valence-corrected chi connectivity index (χ0v) is 26.1. The molecule has 12 nitrogen and oxygen atoms in total. The molecular formula is C32H39ClN4O8. The zero-order chi connectivity index (χ0) is 32.1. The number of nitrogens with one attached hydrogen (secondary N) is 1. The number of hydrogen-bond acceptors (Lipinski definition) is 9. The molecule has 0 saturated carbocycles. The van der Waals surface area contributed by atoms with Crippen molar-refractivity contribution in [2.75, 3.05) is 79.0 Å². The topological polar surface area (TPSA) is 150 Å². The molecule has 0 fully saturated rings. The largest absolute Gasteiger partial charge is 0.491 e. The van der Waals surface area contributed by atoms with Gasteiger partial charge in [-0.15, -0.1) is 11.6 Å². The summed E-state index contributed by atoms with van der Waals surface area (Å²) in [7, 11) is 1.31. The average Bonchev–Trinajstić information content (AvgIpc) is 3.07. The highest BCUT2D eigenvalue weighted by atomic mass is 35.5. The third-order valence-corrected chi connectivity index (χ3v) is 6.81. The standard InChI is InChI=1S/C32H39ClN4O8/c1-40-32(39)22-29(36-31(38)23-33)25-8-6-24(7-9-25)26-10-11-30(28-5-3-2-4-27(26)28)45-21-20-44-19-18-43-17-16-42-15-14-41-13-12-35-37-34/h2-11,29H,12-23H2,1H3,(H,36,38)/t29-/m0/s1. The fourth-order valence-electron chi connectivity index (χ4n) is 4.40. The van der Waals surface area contributed by atoms with Crippen molar-refractivity contribution in [3.8, 4) is 16.9 Å². The number of amides is 1. The van der Waals surface area contributed by atoms with Gasteiger partial charge in [-0.1, -0.05) is 59.7 Å². The quantitative estimate of drug-likeness (QED) is 0.0391. The smallest absolute Gasteiger partial charge is 0.307 e. The molecule has 0 bridgehead atoms. The first-order valence-corrected chi connectivity index (χ1v) is 15.1. The summed E-state index contributed by atoms with van der Waals surface area (Å²) in [5.41, 5.74) is 11.0. The van der Waals surface area contributed by atoms with E-state index in [1.807, 2.05) is 60.7 Å². The average molecular weight is 643 g/mol. The second kappa shape index (κ2) is 20.9. The van der Waals surface area contributed by atoms with E-state index in [1.165, 1.54) is 7.11 Å². The van der Waals surface area contributed by atoms with E-state index in [0.717, 1.165) is 33.2 Å². The van der Waals surface area contributed by atoms with Gasteiger partial charge in [-0.2, -0.15) is 0 Å². The molecule has 0 spiro atoms. The first-order chi connectivity index (χ1) is 22.1. The Bertz CT molecular complexity index is 1370. The van der Waals surface area contributed by atoms with Crippen LogP contribution in [0.25, 0.3) is 32.3 Å². The van der Waals surface area contributed by atoms with E-state index in [4.69, 9.17) is 45.6 Å². The van der Waals surface area contributed by atoms with Crippen molar-refractivity contribution < 1.29 is 38.0 Å².